The maximum Gasteiger partial charge on any atom is 0.174 e. The van der Waals surface area contributed by atoms with E-state index in [-0.39, 0.29) is 0 Å². The molecule has 0 aromatic rings. The summed E-state index contributed by atoms with van der Waals surface area (Å²) in [4.78, 5) is 0. The van der Waals surface area contributed by atoms with Crippen molar-refractivity contribution in [1.82, 2.24) is 0 Å². The van der Waals surface area contributed by atoms with E-state index in [9.17, 15) is 0 Å². The molecule has 0 saturated heterocycles. The van der Waals surface area contributed by atoms with Crippen molar-refractivity contribution in [2.24, 2.45) is 11.8 Å². The van der Waals surface area contributed by atoms with Gasteiger partial charge in [0.25, 0.3) is 0 Å². The molecule has 0 fully saturated rings. The van der Waals surface area contributed by atoms with Gasteiger partial charge in [0.2, 0.25) is 0 Å². The van der Waals surface area contributed by atoms with Gasteiger partial charge in [0.15, 0.2) is 8.38 Å². The van der Waals surface area contributed by atoms with Crippen molar-refractivity contribution in [3.63, 3.8) is 0 Å². The predicted molar refractivity (Wildman–Crippen MR) is 68.2 cm³/mol. The highest BCUT2D eigenvalue weighted by atomic mass is 31.2. The Morgan fingerprint density at radius 2 is 1.69 bits per heavy atom. The second kappa shape index (κ2) is 8.93. The lowest BCUT2D eigenvalue weighted by atomic mass is 10.00. The lowest BCUT2D eigenvalue weighted by Gasteiger charge is -2.31. The zero-order valence-corrected chi connectivity index (χ0v) is 12.0. The highest BCUT2D eigenvalue weighted by Crippen LogP contribution is 2.50. The highest BCUT2D eigenvalue weighted by molar-refractivity contribution is 7.48. The van der Waals surface area contributed by atoms with Gasteiger partial charge in [0, 0.05) is 5.66 Å². The molecule has 16 heavy (non-hydrogen) atoms. The molecular formula is C12H24NO2P. The number of nitrogens with zero attached hydrogens (tertiary/aromatic N) is 1. The standard InChI is InChI=1S/C12H24NO2P/c1-6-14-16(15-9-7-8-13)12(10(2)3)11(4)5/h10-12H,6-7,9H2,1-5H3. The first-order valence-corrected chi connectivity index (χ1v) is 7.21. The third-order valence-electron chi connectivity index (χ3n) is 2.30. The van der Waals surface area contributed by atoms with Gasteiger partial charge in [0.05, 0.1) is 25.7 Å². The average Bonchev–Trinajstić information content (AvgIpc) is 2.17. The lowest BCUT2D eigenvalue weighted by Crippen LogP contribution is -2.22. The summed E-state index contributed by atoms with van der Waals surface area (Å²) in [6.45, 7) is 12.0. The Morgan fingerprint density at radius 3 is 2.06 bits per heavy atom. The molecule has 0 aromatic carbocycles. The van der Waals surface area contributed by atoms with Crippen LogP contribution in [0.2, 0.25) is 0 Å². The van der Waals surface area contributed by atoms with E-state index in [0.29, 0.717) is 37.1 Å². The molecule has 0 spiro atoms. The van der Waals surface area contributed by atoms with Crippen LogP contribution in [0, 0.1) is 23.2 Å². The van der Waals surface area contributed by atoms with Crippen LogP contribution in [0.25, 0.3) is 0 Å². The summed E-state index contributed by atoms with van der Waals surface area (Å²) < 4.78 is 11.4. The SMILES string of the molecule is CCOP(OCCC#N)C(C(C)C)C(C)C. The second-order valence-electron chi connectivity index (χ2n) is 4.42. The minimum Gasteiger partial charge on any atom is -0.334 e. The molecule has 0 radical (unpaired) electrons. The van der Waals surface area contributed by atoms with Crippen molar-refractivity contribution < 1.29 is 9.05 Å². The molecule has 0 aliphatic rings. The van der Waals surface area contributed by atoms with Crippen molar-refractivity contribution in [3.8, 4) is 6.07 Å². The number of hydrogen-bond donors (Lipinski definition) is 0. The Balaban J connectivity index is 4.39. The Bertz CT molecular complexity index is 206. The van der Waals surface area contributed by atoms with E-state index in [0.717, 1.165) is 0 Å². The number of hydrogen-bond acceptors (Lipinski definition) is 3. The van der Waals surface area contributed by atoms with Crippen molar-refractivity contribution in [1.29, 1.82) is 5.26 Å². The van der Waals surface area contributed by atoms with Crippen LogP contribution in [-0.2, 0) is 9.05 Å². The van der Waals surface area contributed by atoms with Crippen molar-refractivity contribution in [2.75, 3.05) is 13.2 Å². The molecule has 0 rings (SSSR count). The minimum absolute atomic E-state index is 0.439. The molecule has 1 unspecified atom stereocenters. The summed E-state index contributed by atoms with van der Waals surface area (Å²) >= 11 is 0. The van der Waals surface area contributed by atoms with Gasteiger partial charge in [-0.25, -0.2) is 0 Å². The molecule has 0 aromatic heterocycles. The average molecular weight is 245 g/mol. The lowest BCUT2D eigenvalue weighted by molar-refractivity contribution is 0.241. The fourth-order valence-corrected chi connectivity index (χ4v) is 3.69. The predicted octanol–water partition coefficient (Wildman–Crippen LogP) is 3.95. The largest absolute Gasteiger partial charge is 0.334 e. The molecule has 3 nitrogen and oxygen atoms in total. The van der Waals surface area contributed by atoms with Crippen LogP contribution in [-0.4, -0.2) is 18.9 Å². The second-order valence-corrected chi connectivity index (χ2v) is 6.11. The van der Waals surface area contributed by atoms with Crippen LogP contribution in [0.5, 0.6) is 0 Å². The molecule has 0 N–H and O–H groups in total. The normalized spacial score (nSPS) is 13.4. The van der Waals surface area contributed by atoms with Crippen molar-refractivity contribution >= 4 is 8.38 Å². The fraction of sp³-hybridized carbons (Fsp3) is 0.917. The summed E-state index contributed by atoms with van der Waals surface area (Å²) in [5.74, 6) is 1.08. The molecule has 0 aliphatic heterocycles. The summed E-state index contributed by atoms with van der Waals surface area (Å²) in [7, 11) is -0.866. The van der Waals surface area contributed by atoms with Crippen molar-refractivity contribution in [3.05, 3.63) is 0 Å². The van der Waals surface area contributed by atoms with Gasteiger partial charge >= 0.3 is 0 Å². The quantitative estimate of drug-likeness (QED) is 0.480. The van der Waals surface area contributed by atoms with Gasteiger partial charge in [-0.15, -0.1) is 0 Å². The molecule has 0 amide bonds. The first-order valence-electron chi connectivity index (χ1n) is 5.96. The van der Waals surface area contributed by atoms with E-state index in [1.54, 1.807) is 0 Å². The van der Waals surface area contributed by atoms with Crippen LogP contribution >= 0.6 is 8.38 Å². The zero-order chi connectivity index (χ0) is 12.6. The van der Waals surface area contributed by atoms with Crippen molar-refractivity contribution in [2.45, 2.75) is 46.7 Å². The van der Waals surface area contributed by atoms with E-state index in [1.807, 2.05) is 6.92 Å². The fourth-order valence-electron chi connectivity index (χ4n) is 1.77. The van der Waals surface area contributed by atoms with Gasteiger partial charge in [-0.1, -0.05) is 27.7 Å². The summed E-state index contributed by atoms with van der Waals surface area (Å²) in [5, 5.41) is 8.50. The summed E-state index contributed by atoms with van der Waals surface area (Å²) in [5.41, 5.74) is 0.439. The van der Waals surface area contributed by atoms with Gasteiger partial charge in [-0.3, -0.25) is 0 Å². The highest BCUT2D eigenvalue weighted by Gasteiger charge is 2.29. The summed E-state index contributed by atoms with van der Waals surface area (Å²) in [6.07, 6.45) is 0.439. The number of rotatable bonds is 8. The Kier molecular flexibility index (Phi) is 8.84. The molecule has 0 aliphatic carbocycles. The Hall–Kier alpha value is -0.160. The molecule has 1 atom stereocenters. The minimum atomic E-state index is -0.866. The van der Waals surface area contributed by atoms with Crippen LogP contribution in [0.15, 0.2) is 0 Å². The third kappa shape index (κ3) is 5.80. The van der Waals surface area contributed by atoms with Crippen LogP contribution in [0.4, 0.5) is 0 Å². The molecule has 0 heterocycles. The smallest absolute Gasteiger partial charge is 0.174 e. The van der Waals surface area contributed by atoms with E-state index < -0.39 is 8.38 Å². The van der Waals surface area contributed by atoms with E-state index in [4.69, 9.17) is 14.3 Å². The van der Waals surface area contributed by atoms with Gasteiger partial charge in [-0.2, -0.15) is 5.26 Å². The Morgan fingerprint density at radius 1 is 1.12 bits per heavy atom. The monoisotopic (exact) mass is 245 g/mol. The van der Waals surface area contributed by atoms with Gasteiger partial charge in [-0.05, 0) is 18.8 Å². The van der Waals surface area contributed by atoms with Gasteiger partial charge < -0.3 is 9.05 Å². The molecular weight excluding hydrogens is 221 g/mol. The van der Waals surface area contributed by atoms with Gasteiger partial charge in [0.1, 0.15) is 0 Å². The van der Waals surface area contributed by atoms with Crippen LogP contribution in [0.1, 0.15) is 41.0 Å². The van der Waals surface area contributed by atoms with E-state index in [2.05, 4.69) is 33.8 Å². The maximum atomic E-state index is 8.50. The number of nitriles is 1. The molecule has 94 valence electrons. The first-order chi connectivity index (χ1) is 7.54. The Labute approximate surface area is 101 Å². The third-order valence-corrected chi connectivity index (χ3v) is 4.93. The van der Waals surface area contributed by atoms with Crippen LogP contribution in [0.3, 0.4) is 0 Å². The maximum absolute atomic E-state index is 8.50. The molecule has 0 bridgehead atoms. The van der Waals surface area contributed by atoms with E-state index in [1.165, 1.54) is 0 Å². The first kappa shape index (κ1) is 15.8. The zero-order valence-electron chi connectivity index (χ0n) is 11.1. The molecule has 4 heteroatoms. The molecule has 0 saturated carbocycles. The van der Waals surface area contributed by atoms with E-state index >= 15 is 0 Å². The van der Waals surface area contributed by atoms with Crippen LogP contribution < -0.4 is 0 Å². The summed E-state index contributed by atoms with van der Waals surface area (Å²) in [6, 6.07) is 2.09. The topological polar surface area (TPSA) is 42.2 Å².